The van der Waals surface area contributed by atoms with Crippen LogP contribution < -0.4 is 10.1 Å². The summed E-state index contributed by atoms with van der Waals surface area (Å²) < 4.78 is 7.42. The van der Waals surface area contributed by atoms with E-state index < -0.39 is 0 Å². The van der Waals surface area contributed by atoms with Crippen molar-refractivity contribution >= 4 is 27.7 Å². The molecule has 0 radical (unpaired) electrons. The number of thioether (sulfide) groups is 1. The molecule has 1 aliphatic carbocycles. The highest BCUT2D eigenvalue weighted by molar-refractivity contribution is 9.10. The highest BCUT2D eigenvalue weighted by atomic mass is 79.9. The average Bonchev–Trinajstić information content (AvgIpc) is 2.96. The van der Waals surface area contributed by atoms with Crippen LogP contribution in [0.1, 0.15) is 44.6 Å². The van der Waals surface area contributed by atoms with Gasteiger partial charge in [-0.15, -0.1) is 0 Å². The predicted octanol–water partition coefficient (Wildman–Crippen LogP) is 5.00. The van der Waals surface area contributed by atoms with Gasteiger partial charge in [-0.2, -0.15) is 11.8 Å². The predicted molar refractivity (Wildman–Crippen MR) is 96.3 cm³/mol. The Morgan fingerprint density at radius 3 is 2.76 bits per heavy atom. The quantitative estimate of drug-likeness (QED) is 0.694. The van der Waals surface area contributed by atoms with E-state index in [1.807, 2.05) is 11.8 Å². The SMILES string of the molecule is CCCOc1ccc(Br)cc1CNCC1(SC)CCCC1. The second kappa shape index (κ2) is 8.44. The number of hydrogen-bond donors (Lipinski definition) is 1. The molecule has 0 aliphatic heterocycles. The van der Waals surface area contributed by atoms with Crippen molar-refractivity contribution in [1.82, 2.24) is 5.32 Å². The molecular formula is C17H26BrNOS. The van der Waals surface area contributed by atoms with E-state index >= 15 is 0 Å². The van der Waals surface area contributed by atoms with Crippen molar-refractivity contribution in [3.8, 4) is 5.75 Å². The van der Waals surface area contributed by atoms with E-state index in [9.17, 15) is 0 Å². The number of ether oxygens (including phenoxy) is 1. The Balaban J connectivity index is 1.93. The smallest absolute Gasteiger partial charge is 0.123 e. The lowest BCUT2D eigenvalue weighted by atomic mass is 10.1. The molecule has 1 aliphatic rings. The first-order chi connectivity index (χ1) is 10.2. The molecule has 1 fully saturated rings. The fourth-order valence-corrected chi connectivity index (χ4v) is 4.29. The van der Waals surface area contributed by atoms with Crippen LogP contribution in [0.2, 0.25) is 0 Å². The van der Waals surface area contributed by atoms with Crippen molar-refractivity contribution in [2.24, 2.45) is 0 Å². The van der Waals surface area contributed by atoms with Crippen LogP contribution >= 0.6 is 27.7 Å². The first-order valence-electron chi connectivity index (χ1n) is 7.86. The maximum absolute atomic E-state index is 5.85. The van der Waals surface area contributed by atoms with Gasteiger partial charge in [-0.1, -0.05) is 35.7 Å². The fraction of sp³-hybridized carbons (Fsp3) is 0.647. The third-order valence-corrected chi connectivity index (χ3v) is 6.11. The molecule has 0 unspecified atom stereocenters. The number of hydrogen-bond acceptors (Lipinski definition) is 3. The van der Waals surface area contributed by atoms with Gasteiger partial charge in [-0.05, 0) is 43.7 Å². The lowest BCUT2D eigenvalue weighted by molar-refractivity contribution is 0.313. The van der Waals surface area contributed by atoms with E-state index in [-0.39, 0.29) is 0 Å². The molecule has 1 aromatic carbocycles. The van der Waals surface area contributed by atoms with Gasteiger partial charge in [-0.25, -0.2) is 0 Å². The van der Waals surface area contributed by atoms with Crippen molar-refractivity contribution < 1.29 is 4.74 Å². The summed E-state index contributed by atoms with van der Waals surface area (Å²) in [5.74, 6) is 1.01. The zero-order valence-electron chi connectivity index (χ0n) is 13.1. The Morgan fingerprint density at radius 2 is 2.10 bits per heavy atom. The van der Waals surface area contributed by atoms with Crippen LogP contribution in [0.5, 0.6) is 5.75 Å². The van der Waals surface area contributed by atoms with Gasteiger partial charge in [0.25, 0.3) is 0 Å². The van der Waals surface area contributed by atoms with E-state index in [4.69, 9.17) is 4.74 Å². The summed E-state index contributed by atoms with van der Waals surface area (Å²) in [5, 5.41) is 3.66. The van der Waals surface area contributed by atoms with Gasteiger partial charge in [0.1, 0.15) is 5.75 Å². The molecule has 21 heavy (non-hydrogen) atoms. The Hall–Kier alpha value is -0.190. The number of benzene rings is 1. The minimum absolute atomic E-state index is 0.455. The monoisotopic (exact) mass is 371 g/mol. The molecule has 1 aromatic rings. The number of rotatable bonds is 8. The number of halogens is 1. The average molecular weight is 372 g/mol. The van der Waals surface area contributed by atoms with Crippen molar-refractivity contribution in [2.45, 2.75) is 50.3 Å². The van der Waals surface area contributed by atoms with Gasteiger partial charge in [0, 0.05) is 27.9 Å². The van der Waals surface area contributed by atoms with Gasteiger partial charge in [0.2, 0.25) is 0 Å². The van der Waals surface area contributed by atoms with Crippen LogP contribution in [0.3, 0.4) is 0 Å². The lowest BCUT2D eigenvalue weighted by Crippen LogP contribution is -2.34. The van der Waals surface area contributed by atoms with E-state index in [0.717, 1.165) is 36.3 Å². The summed E-state index contributed by atoms with van der Waals surface area (Å²) >= 11 is 5.59. The minimum atomic E-state index is 0.455. The fourth-order valence-electron chi connectivity index (χ4n) is 2.94. The molecular weight excluding hydrogens is 346 g/mol. The zero-order valence-corrected chi connectivity index (χ0v) is 15.5. The highest BCUT2D eigenvalue weighted by Crippen LogP contribution is 2.39. The zero-order chi connectivity index (χ0) is 15.1. The molecule has 118 valence electrons. The molecule has 0 amide bonds. The van der Waals surface area contributed by atoms with Gasteiger partial charge in [0.05, 0.1) is 6.61 Å². The van der Waals surface area contributed by atoms with Crippen molar-refractivity contribution in [3.63, 3.8) is 0 Å². The van der Waals surface area contributed by atoms with Crippen LogP contribution in [-0.2, 0) is 6.54 Å². The van der Waals surface area contributed by atoms with Gasteiger partial charge in [-0.3, -0.25) is 0 Å². The molecule has 0 saturated heterocycles. The molecule has 0 heterocycles. The second-order valence-electron chi connectivity index (χ2n) is 5.80. The maximum atomic E-state index is 5.85. The number of nitrogens with one attached hydrogen (secondary N) is 1. The van der Waals surface area contributed by atoms with Crippen molar-refractivity contribution in [1.29, 1.82) is 0 Å². The first-order valence-corrected chi connectivity index (χ1v) is 9.88. The second-order valence-corrected chi connectivity index (χ2v) is 7.99. The lowest BCUT2D eigenvalue weighted by Gasteiger charge is -2.27. The van der Waals surface area contributed by atoms with Crippen LogP contribution in [0.15, 0.2) is 22.7 Å². The summed E-state index contributed by atoms with van der Waals surface area (Å²) in [4.78, 5) is 0. The Labute approximate surface area is 141 Å². The minimum Gasteiger partial charge on any atom is -0.493 e. The molecule has 0 atom stereocenters. The van der Waals surface area contributed by atoms with Crippen molar-refractivity contribution in [3.05, 3.63) is 28.2 Å². The van der Waals surface area contributed by atoms with Crippen LogP contribution in [0, 0.1) is 0 Å². The Kier molecular flexibility index (Phi) is 6.90. The molecule has 2 nitrogen and oxygen atoms in total. The molecule has 0 bridgehead atoms. The molecule has 4 heteroatoms. The third kappa shape index (κ3) is 4.90. The normalized spacial score (nSPS) is 17.1. The summed E-state index contributed by atoms with van der Waals surface area (Å²) in [7, 11) is 0. The van der Waals surface area contributed by atoms with Gasteiger partial charge in [0.15, 0.2) is 0 Å². The summed E-state index contributed by atoms with van der Waals surface area (Å²) in [6.07, 6.45) is 8.74. The standard InChI is InChI=1S/C17H26BrNOS/c1-3-10-20-16-7-6-15(18)11-14(16)12-19-13-17(21-2)8-4-5-9-17/h6-7,11,19H,3-5,8-10,12-13H2,1-2H3. The van der Waals surface area contributed by atoms with Crippen molar-refractivity contribution in [2.75, 3.05) is 19.4 Å². The summed E-state index contributed by atoms with van der Waals surface area (Å²) in [5.41, 5.74) is 1.24. The Morgan fingerprint density at radius 1 is 1.33 bits per heavy atom. The molecule has 1 N–H and O–H groups in total. The van der Waals surface area contributed by atoms with Crippen LogP contribution in [-0.4, -0.2) is 24.2 Å². The van der Waals surface area contributed by atoms with E-state index in [2.05, 4.69) is 52.6 Å². The molecule has 2 rings (SSSR count). The first kappa shape index (κ1) is 17.2. The molecule has 0 aromatic heterocycles. The van der Waals surface area contributed by atoms with Crippen LogP contribution in [0.4, 0.5) is 0 Å². The van der Waals surface area contributed by atoms with E-state index in [1.54, 1.807) is 0 Å². The van der Waals surface area contributed by atoms with Gasteiger partial charge >= 0.3 is 0 Å². The largest absolute Gasteiger partial charge is 0.493 e. The highest BCUT2D eigenvalue weighted by Gasteiger charge is 2.32. The topological polar surface area (TPSA) is 21.3 Å². The molecule has 1 saturated carbocycles. The molecule has 0 spiro atoms. The van der Waals surface area contributed by atoms with Crippen LogP contribution in [0.25, 0.3) is 0 Å². The van der Waals surface area contributed by atoms with Gasteiger partial charge < -0.3 is 10.1 Å². The van der Waals surface area contributed by atoms with E-state index in [0.29, 0.717) is 4.75 Å². The Bertz CT molecular complexity index is 446. The maximum Gasteiger partial charge on any atom is 0.123 e. The van der Waals surface area contributed by atoms with E-state index in [1.165, 1.54) is 31.2 Å². The summed E-state index contributed by atoms with van der Waals surface area (Å²) in [6.45, 7) is 4.89. The summed E-state index contributed by atoms with van der Waals surface area (Å²) in [6, 6.07) is 6.28. The third-order valence-electron chi connectivity index (χ3n) is 4.19.